The fourth-order valence-electron chi connectivity index (χ4n) is 2.36. The molecular weight excluding hydrogens is 244 g/mol. The van der Waals surface area contributed by atoms with E-state index in [0.29, 0.717) is 12.8 Å². The van der Waals surface area contributed by atoms with E-state index < -0.39 is 6.04 Å². The molecule has 1 heterocycles. The molecule has 0 saturated carbocycles. The molecule has 3 amide bonds. The molecule has 1 unspecified atom stereocenters. The smallest absolute Gasteiger partial charge is 0.249 e. The van der Waals surface area contributed by atoms with Crippen LogP contribution in [0.5, 0.6) is 0 Å². The summed E-state index contributed by atoms with van der Waals surface area (Å²) in [7, 11) is 0. The summed E-state index contributed by atoms with van der Waals surface area (Å²) in [5.41, 5.74) is 0. The third kappa shape index (κ3) is 4.65. The van der Waals surface area contributed by atoms with Crippen molar-refractivity contribution in [2.45, 2.75) is 64.8 Å². The number of amides is 3. The third-order valence-electron chi connectivity index (χ3n) is 3.46. The number of nitrogens with zero attached hydrogens (tertiary/aromatic N) is 1. The van der Waals surface area contributed by atoms with Gasteiger partial charge in [-0.05, 0) is 12.8 Å². The lowest BCUT2D eigenvalue weighted by Crippen LogP contribution is -2.59. The van der Waals surface area contributed by atoms with Gasteiger partial charge < -0.3 is 4.90 Å². The van der Waals surface area contributed by atoms with Gasteiger partial charge >= 0.3 is 0 Å². The van der Waals surface area contributed by atoms with Gasteiger partial charge in [0.25, 0.3) is 0 Å². The number of carbonyl (C=O) groups is 3. The molecule has 1 aliphatic heterocycles. The molecule has 0 aromatic carbocycles. The molecule has 0 radical (unpaired) electrons. The number of rotatable bonds is 7. The van der Waals surface area contributed by atoms with Gasteiger partial charge in [-0.2, -0.15) is 0 Å². The summed E-state index contributed by atoms with van der Waals surface area (Å²) in [6.07, 6.45) is 6.34. The van der Waals surface area contributed by atoms with Crippen LogP contribution in [0, 0.1) is 0 Å². The van der Waals surface area contributed by atoms with Gasteiger partial charge in [0, 0.05) is 6.42 Å². The molecule has 5 heteroatoms. The molecule has 1 rings (SSSR count). The van der Waals surface area contributed by atoms with E-state index in [-0.39, 0.29) is 24.3 Å². The Morgan fingerprint density at radius 2 is 1.89 bits per heavy atom. The van der Waals surface area contributed by atoms with E-state index in [1.807, 2.05) is 6.92 Å². The summed E-state index contributed by atoms with van der Waals surface area (Å²) < 4.78 is 0. The van der Waals surface area contributed by atoms with Crippen LogP contribution in [0.3, 0.4) is 0 Å². The van der Waals surface area contributed by atoms with Gasteiger partial charge in [0.2, 0.25) is 17.7 Å². The fourth-order valence-corrected chi connectivity index (χ4v) is 2.36. The molecule has 0 bridgehead atoms. The largest absolute Gasteiger partial charge is 0.321 e. The average Bonchev–Trinajstić information content (AvgIpc) is 2.37. The van der Waals surface area contributed by atoms with Crippen molar-refractivity contribution in [3.8, 4) is 0 Å². The third-order valence-corrected chi connectivity index (χ3v) is 3.46. The van der Waals surface area contributed by atoms with Gasteiger partial charge in [-0.25, -0.2) is 0 Å². The number of unbranched alkanes of at least 4 members (excludes halogenated alkanes) is 4. The predicted molar refractivity (Wildman–Crippen MR) is 72.3 cm³/mol. The zero-order valence-electron chi connectivity index (χ0n) is 11.9. The van der Waals surface area contributed by atoms with Crippen LogP contribution in [0.4, 0.5) is 0 Å². The van der Waals surface area contributed by atoms with E-state index in [1.54, 1.807) is 0 Å². The van der Waals surface area contributed by atoms with Crippen molar-refractivity contribution in [2.75, 3.05) is 6.54 Å². The van der Waals surface area contributed by atoms with Gasteiger partial charge in [0.15, 0.2) is 0 Å². The first kappa shape index (κ1) is 15.7. The summed E-state index contributed by atoms with van der Waals surface area (Å²) in [5.74, 6) is -0.807. The van der Waals surface area contributed by atoms with Crippen molar-refractivity contribution >= 4 is 17.7 Å². The Bertz CT molecular complexity index is 342. The van der Waals surface area contributed by atoms with Crippen LogP contribution >= 0.6 is 0 Å². The first-order valence-electron chi connectivity index (χ1n) is 7.23. The Morgan fingerprint density at radius 1 is 1.21 bits per heavy atom. The standard InChI is InChI=1S/C14H24N2O3/c1-3-5-6-7-8-9-13(18)16-10-12(17)15-14(19)11(16)4-2/h11H,3-10H2,1-2H3,(H,15,17,19). The van der Waals surface area contributed by atoms with Gasteiger partial charge in [-0.15, -0.1) is 0 Å². The zero-order valence-corrected chi connectivity index (χ0v) is 11.9. The lowest BCUT2D eigenvalue weighted by molar-refractivity contribution is -0.150. The Labute approximate surface area is 114 Å². The molecule has 19 heavy (non-hydrogen) atoms. The SMILES string of the molecule is CCCCCCCC(=O)N1CC(=O)NC(=O)C1CC. The van der Waals surface area contributed by atoms with Crippen molar-refractivity contribution < 1.29 is 14.4 Å². The number of hydrogen-bond donors (Lipinski definition) is 1. The highest BCUT2D eigenvalue weighted by atomic mass is 16.2. The van der Waals surface area contributed by atoms with Crippen molar-refractivity contribution in [2.24, 2.45) is 0 Å². The highest BCUT2D eigenvalue weighted by Gasteiger charge is 2.34. The van der Waals surface area contributed by atoms with E-state index in [9.17, 15) is 14.4 Å². The molecule has 1 saturated heterocycles. The summed E-state index contributed by atoms with van der Waals surface area (Å²) in [5, 5.41) is 2.28. The second-order valence-corrected chi connectivity index (χ2v) is 5.02. The molecule has 0 aromatic heterocycles. The summed E-state index contributed by atoms with van der Waals surface area (Å²) >= 11 is 0. The Morgan fingerprint density at radius 3 is 2.53 bits per heavy atom. The Balaban J connectivity index is 2.44. The first-order chi connectivity index (χ1) is 9.10. The van der Waals surface area contributed by atoms with Gasteiger partial charge in [-0.3, -0.25) is 19.7 Å². The quantitative estimate of drug-likeness (QED) is 0.563. The monoisotopic (exact) mass is 268 g/mol. The average molecular weight is 268 g/mol. The van der Waals surface area contributed by atoms with Crippen LogP contribution in [-0.4, -0.2) is 35.2 Å². The van der Waals surface area contributed by atoms with E-state index in [1.165, 1.54) is 17.7 Å². The number of nitrogens with one attached hydrogen (secondary N) is 1. The van der Waals surface area contributed by atoms with Crippen LogP contribution in [0.2, 0.25) is 0 Å². The highest BCUT2D eigenvalue weighted by Crippen LogP contribution is 2.13. The molecule has 0 aliphatic carbocycles. The summed E-state index contributed by atoms with van der Waals surface area (Å²) in [4.78, 5) is 36.5. The van der Waals surface area contributed by atoms with Gasteiger partial charge in [0.05, 0.1) is 0 Å². The number of hydrogen-bond acceptors (Lipinski definition) is 3. The molecule has 0 spiro atoms. The maximum absolute atomic E-state index is 12.1. The molecule has 108 valence electrons. The highest BCUT2D eigenvalue weighted by molar-refractivity contribution is 6.04. The second-order valence-electron chi connectivity index (χ2n) is 5.02. The van der Waals surface area contributed by atoms with Gasteiger partial charge in [-0.1, -0.05) is 39.5 Å². The lowest BCUT2D eigenvalue weighted by Gasteiger charge is -2.33. The Kier molecular flexibility index (Phi) is 6.53. The molecule has 1 N–H and O–H groups in total. The van der Waals surface area contributed by atoms with Crippen molar-refractivity contribution in [3.05, 3.63) is 0 Å². The molecule has 0 aromatic rings. The summed E-state index contributed by atoms with van der Waals surface area (Å²) in [6.45, 7) is 4.01. The summed E-state index contributed by atoms with van der Waals surface area (Å²) in [6, 6.07) is -0.485. The minimum Gasteiger partial charge on any atom is -0.321 e. The normalized spacial score (nSPS) is 19.5. The van der Waals surface area contributed by atoms with E-state index in [2.05, 4.69) is 12.2 Å². The molecular formula is C14H24N2O3. The van der Waals surface area contributed by atoms with Crippen LogP contribution < -0.4 is 5.32 Å². The minimum absolute atomic E-state index is 0.0119. The van der Waals surface area contributed by atoms with Gasteiger partial charge in [0.1, 0.15) is 12.6 Å². The molecule has 1 aliphatic rings. The van der Waals surface area contributed by atoms with Crippen LogP contribution in [-0.2, 0) is 14.4 Å². The zero-order chi connectivity index (χ0) is 14.3. The maximum atomic E-state index is 12.1. The van der Waals surface area contributed by atoms with E-state index in [0.717, 1.165) is 19.3 Å². The first-order valence-corrected chi connectivity index (χ1v) is 7.23. The van der Waals surface area contributed by atoms with Crippen molar-refractivity contribution in [3.63, 3.8) is 0 Å². The number of carbonyl (C=O) groups excluding carboxylic acids is 3. The van der Waals surface area contributed by atoms with Crippen molar-refractivity contribution in [1.82, 2.24) is 10.2 Å². The molecule has 1 atom stereocenters. The predicted octanol–water partition coefficient (Wildman–Crippen LogP) is 1.61. The number of imide groups is 1. The van der Waals surface area contributed by atoms with Crippen LogP contribution in [0.25, 0.3) is 0 Å². The molecule has 1 fully saturated rings. The van der Waals surface area contributed by atoms with E-state index in [4.69, 9.17) is 0 Å². The minimum atomic E-state index is -0.485. The maximum Gasteiger partial charge on any atom is 0.249 e. The Hall–Kier alpha value is -1.39. The lowest BCUT2D eigenvalue weighted by atomic mass is 10.1. The van der Waals surface area contributed by atoms with Crippen LogP contribution in [0.15, 0.2) is 0 Å². The van der Waals surface area contributed by atoms with Crippen molar-refractivity contribution in [1.29, 1.82) is 0 Å². The fraction of sp³-hybridized carbons (Fsp3) is 0.786. The molecule has 5 nitrogen and oxygen atoms in total. The van der Waals surface area contributed by atoms with Crippen LogP contribution in [0.1, 0.15) is 58.8 Å². The topological polar surface area (TPSA) is 66.5 Å². The number of piperazine rings is 1. The second kappa shape index (κ2) is 7.92. The van der Waals surface area contributed by atoms with E-state index >= 15 is 0 Å².